The van der Waals surface area contributed by atoms with Gasteiger partial charge in [-0.05, 0) is 18.2 Å². The molecule has 0 spiro atoms. The molecule has 9 heteroatoms. The predicted octanol–water partition coefficient (Wildman–Crippen LogP) is 2.31. The van der Waals surface area contributed by atoms with E-state index in [1.807, 2.05) is 0 Å². The zero-order valence-corrected chi connectivity index (χ0v) is 14.6. The zero-order valence-electron chi connectivity index (χ0n) is 14.6. The molecular formula is C18H16O9. The van der Waals surface area contributed by atoms with Crippen molar-refractivity contribution in [3.63, 3.8) is 0 Å². The molecule has 0 saturated heterocycles. The van der Waals surface area contributed by atoms with Crippen LogP contribution in [0.15, 0.2) is 27.4 Å². The fourth-order valence-electron chi connectivity index (χ4n) is 2.75. The first-order valence-corrected chi connectivity index (χ1v) is 7.58. The van der Waals surface area contributed by atoms with Crippen molar-refractivity contribution in [3.8, 4) is 51.6 Å². The molecule has 0 aliphatic carbocycles. The normalized spacial score (nSPS) is 10.8. The highest BCUT2D eigenvalue weighted by molar-refractivity contribution is 5.96. The molecule has 2 aromatic carbocycles. The van der Waals surface area contributed by atoms with Gasteiger partial charge in [0.15, 0.2) is 28.6 Å². The van der Waals surface area contributed by atoms with Crippen molar-refractivity contribution in [1.82, 2.24) is 0 Å². The lowest BCUT2D eigenvalue weighted by Gasteiger charge is -2.14. The van der Waals surface area contributed by atoms with Crippen molar-refractivity contribution in [1.29, 1.82) is 0 Å². The topological polar surface area (TPSA) is 139 Å². The Morgan fingerprint density at radius 1 is 0.852 bits per heavy atom. The van der Waals surface area contributed by atoms with Gasteiger partial charge in [-0.15, -0.1) is 0 Å². The fourth-order valence-corrected chi connectivity index (χ4v) is 2.75. The summed E-state index contributed by atoms with van der Waals surface area (Å²) in [6.45, 7) is 0. The van der Waals surface area contributed by atoms with Gasteiger partial charge < -0.3 is 39.1 Å². The number of hydrogen-bond acceptors (Lipinski definition) is 9. The molecule has 0 bridgehead atoms. The van der Waals surface area contributed by atoms with Gasteiger partial charge in [0.05, 0.1) is 21.3 Å². The Morgan fingerprint density at radius 2 is 1.52 bits per heavy atom. The van der Waals surface area contributed by atoms with Crippen molar-refractivity contribution in [2.24, 2.45) is 0 Å². The van der Waals surface area contributed by atoms with Gasteiger partial charge in [0, 0.05) is 5.56 Å². The molecule has 0 aliphatic rings. The Morgan fingerprint density at radius 3 is 2.07 bits per heavy atom. The van der Waals surface area contributed by atoms with Gasteiger partial charge in [-0.1, -0.05) is 0 Å². The molecule has 0 amide bonds. The SMILES string of the molecule is COc1ccc(-c2oc3c(OC)c(O)c(OC)c(O)c3c(=O)c2O)cc1O. The lowest BCUT2D eigenvalue weighted by atomic mass is 10.1. The summed E-state index contributed by atoms with van der Waals surface area (Å²) in [4.78, 5) is 12.6. The van der Waals surface area contributed by atoms with Crippen molar-refractivity contribution >= 4 is 11.0 Å². The number of phenols is 3. The summed E-state index contributed by atoms with van der Waals surface area (Å²) < 4.78 is 20.5. The van der Waals surface area contributed by atoms with Crippen LogP contribution in [0.25, 0.3) is 22.3 Å². The molecule has 4 N–H and O–H groups in total. The van der Waals surface area contributed by atoms with Crippen LogP contribution in [0.4, 0.5) is 0 Å². The quantitative estimate of drug-likeness (QED) is 0.540. The molecule has 142 valence electrons. The lowest BCUT2D eigenvalue weighted by Crippen LogP contribution is -2.05. The first-order chi connectivity index (χ1) is 12.8. The van der Waals surface area contributed by atoms with E-state index in [0.29, 0.717) is 0 Å². The molecule has 3 rings (SSSR count). The third-order valence-electron chi connectivity index (χ3n) is 4.03. The van der Waals surface area contributed by atoms with Crippen molar-refractivity contribution in [2.45, 2.75) is 0 Å². The smallest absolute Gasteiger partial charge is 0.239 e. The van der Waals surface area contributed by atoms with Crippen LogP contribution in [-0.2, 0) is 0 Å². The monoisotopic (exact) mass is 376 g/mol. The van der Waals surface area contributed by atoms with Crippen LogP contribution >= 0.6 is 0 Å². The number of phenolic OH excluding ortho intramolecular Hbond substituents is 3. The van der Waals surface area contributed by atoms with E-state index < -0.39 is 33.8 Å². The molecule has 1 aromatic heterocycles. The minimum atomic E-state index is -0.976. The van der Waals surface area contributed by atoms with Gasteiger partial charge in [0.25, 0.3) is 0 Å². The highest BCUT2D eigenvalue weighted by atomic mass is 16.5. The summed E-state index contributed by atoms with van der Waals surface area (Å²) in [7, 11) is 3.76. The second-order valence-corrected chi connectivity index (χ2v) is 5.46. The number of rotatable bonds is 4. The average molecular weight is 376 g/mol. The van der Waals surface area contributed by atoms with Gasteiger partial charge in [-0.25, -0.2) is 0 Å². The number of benzene rings is 2. The minimum absolute atomic E-state index is 0.154. The maximum absolute atomic E-state index is 12.6. The van der Waals surface area contributed by atoms with Gasteiger partial charge in [0.1, 0.15) is 5.39 Å². The Balaban J connectivity index is 2.43. The van der Waals surface area contributed by atoms with Crippen molar-refractivity contribution in [2.75, 3.05) is 21.3 Å². The molecule has 0 aliphatic heterocycles. The Kier molecular flexibility index (Phi) is 4.36. The number of fused-ring (bicyclic) bond motifs is 1. The Bertz CT molecular complexity index is 1100. The van der Waals surface area contributed by atoms with E-state index in [4.69, 9.17) is 18.6 Å². The van der Waals surface area contributed by atoms with E-state index >= 15 is 0 Å². The van der Waals surface area contributed by atoms with E-state index in [0.717, 1.165) is 0 Å². The van der Waals surface area contributed by atoms with E-state index in [2.05, 4.69) is 0 Å². The van der Waals surface area contributed by atoms with Crippen molar-refractivity contribution in [3.05, 3.63) is 28.4 Å². The Hall–Kier alpha value is -3.75. The molecule has 1 heterocycles. The van der Waals surface area contributed by atoms with Crippen LogP contribution in [0, 0.1) is 0 Å². The molecule has 27 heavy (non-hydrogen) atoms. The van der Waals surface area contributed by atoms with Gasteiger partial charge in [-0.2, -0.15) is 0 Å². The minimum Gasteiger partial charge on any atom is -0.504 e. The van der Waals surface area contributed by atoms with E-state index in [1.54, 1.807) is 0 Å². The largest absolute Gasteiger partial charge is 0.504 e. The molecule has 0 saturated carbocycles. The molecule has 9 nitrogen and oxygen atoms in total. The summed E-state index contributed by atoms with van der Waals surface area (Å²) >= 11 is 0. The number of hydrogen-bond donors (Lipinski definition) is 4. The third kappa shape index (κ3) is 2.60. The van der Waals surface area contributed by atoms with Gasteiger partial charge in [0.2, 0.25) is 28.4 Å². The zero-order chi connectivity index (χ0) is 19.9. The maximum atomic E-state index is 12.6. The summed E-state index contributed by atoms with van der Waals surface area (Å²) in [5.74, 6) is -3.13. The average Bonchev–Trinajstić information content (AvgIpc) is 2.65. The van der Waals surface area contributed by atoms with E-state index in [1.165, 1.54) is 39.5 Å². The first-order valence-electron chi connectivity index (χ1n) is 7.58. The van der Waals surface area contributed by atoms with Crippen molar-refractivity contribution < 1.29 is 39.1 Å². The van der Waals surface area contributed by atoms with Gasteiger partial charge >= 0.3 is 0 Å². The predicted molar refractivity (Wildman–Crippen MR) is 94.2 cm³/mol. The highest BCUT2D eigenvalue weighted by Gasteiger charge is 2.28. The van der Waals surface area contributed by atoms with Crippen LogP contribution in [-0.4, -0.2) is 41.8 Å². The highest BCUT2D eigenvalue weighted by Crippen LogP contribution is 2.50. The molecule has 0 radical (unpaired) electrons. The number of methoxy groups -OCH3 is 3. The van der Waals surface area contributed by atoms with Crippen LogP contribution in [0.1, 0.15) is 0 Å². The molecule has 0 atom stereocenters. The summed E-state index contributed by atoms with van der Waals surface area (Å²) in [6, 6.07) is 4.07. The van der Waals surface area contributed by atoms with Crippen LogP contribution in [0.5, 0.6) is 40.2 Å². The standard InChI is InChI=1S/C18H16O9/c1-24-9-5-4-7(6-8(9)19)15-13(22)11(20)10-12(21)17(25-2)14(23)18(26-3)16(10)27-15/h4-6,19,21-23H,1-3H3. The summed E-state index contributed by atoms with van der Waals surface area (Å²) in [6.07, 6.45) is 0. The van der Waals surface area contributed by atoms with E-state index in [-0.39, 0.29) is 34.2 Å². The molecular weight excluding hydrogens is 360 g/mol. The van der Waals surface area contributed by atoms with Crippen LogP contribution in [0.3, 0.4) is 0 Å². The second-order valence-electron chi connectivity index (χ2n) is 5.46. The molecule has 0 unspecified atom stereocenters. The maximum Gasteiger partial charge on any atom is 0.239 e. The third-order valence-corrected chi connectivity index (χ3v) is 4.03. The summed E-state index contributed by atoms with van der Waals surface area (Å²) in [5, 5.41) is 40.3. The van der Waals surface area contributed by atoms with E-state index in [9.17, 15) is 25.2 Å². The van der Waals surface area contributed by atoms with Gasteiger partial charge in [-0.3, -0.25) is 4.79 Å². The second kappa shape index (κ2) is 6.52. The first kappa shape index (κ1) is 18.1. The Labute approximate surface area is 152 Å². The fraction of sp³-hybridized carbons (Fsp3) is 0.167. The summed E-state index contributed by atoms with van der Waals surface area (Å²) in [5.41, 5.74) is -1.13. The lowest BCUT2D eigenvalue weighted by molar-refractivity contribution is 0.322. The number of aromatic hydroxyl groups is 4. The van der Waals surface area contributed by atoms with Crippen LogP contribution < -0.4 is 19.6 Å². The molecule has 3 aromatic rings. The van der Waals surface area contributed by atoms with Crippen LogP contribution in [0.2, 0.25) is 0 Å². The number of ether oxygens (including phenoxy) is 3. The molecule has 0 fully saturated rings.